The average Bonchev–Trinajstić information content (AvgIpc) is 2.97. The number of unbranched alkanes of at least 4 members (excludes halogenated alkanes) is 1. The van der Waals surface area contributed by atoms with Crippen molar-refractivity contribution in [3.63, 3.8) is 0 Å². The molecule has 1 aromatic carbocycles. The Labute approximate surface area is 167 Å². The molecular weight excluding hydrogens is 384 g/mol. The van der Waals surface area contributed by atoms with Crippen molar-refractivity contribution in [2.75, 3.05) is 13.2 Å². The predicted molar refractivity (Wildman–Crippen MR) is 102 cm³/mol. The van der Waals surface area contributed by atoms with Crippen LogP contribution in [0.2, 0.25) is 0 Å². The predicted octanol–water partition coefficient (Wildman–Crippen LogP) is 3.15. The molecule has 0 spiro atoms. The number of aryl methyl sites for hydroxylation is 1. The summed E-state index contributed by atoms with van der Waals surface area (Å²) in [4.78, 5) is 0.0916. The van der Waals surface area contributed by atoms with Gasteiger partial charge in [0.1, 0.15) is 17.8 Å². The molecule has 2 heterocycles. The Hall–Kier alpha value is -1.03. The summed E-state index contributed by atoms with van der Waals surface area (Å²) in [5, 5.41) is 0. The fourth-order valence-corrected chi connectivity index (χ4v) is 4.73. The molecule has 0 unspecified atom stereocenters. The smallest absolute Gasteiger partial charge is 0.297 e. The number of rotatable bonds is 8. The van der Waals surface area contributed by atoms with Gasteiger partial charge in [0.2, 0.25) is 0 Å². The molecule has 3 rings (SSSR count). The van der Waals surface area contributed by atoms with Crippen molar-refractivity contribution < 1.29 is 31.5 Å². The summed E-state index contributed by atoms with van der Waals surface area (Å²) >= 11 is 0. The van der Waals surface area contributed by atoms with Gasteiger partial charge in [-0.05, 0) is 46.2 Å². The van der Waals surface area contributed by atoms with E-state index in [0.29, 0.717) is 6.61 Å². The van der Waals surface area contributed by atoms with Crippen LogP contribution in [0.25, 0.3) is 0 Å². The summed E-state index contributed by atoms with van der Waals surface area (Å²) in [6.45, 7) is 10.0. The molecule has 158 valence electrons. The van der Waals surface area contributed by atoms with Crippen LogP contribution >= 0.6 is 0 Å². The van der Waals surface area contributed by atoms with Gasteiger partial charge in [0.25, 0.3) is 10.1 Å². The van der Waals surface area contributed by atoms with Gasteiger partial charge in [-0.1, -0.05) is 31.0 Å². The highest BCUT2D eigenvalue weighted by molar-refractivity contribution is 7.86. The topological polar surface area (TPSA) is 80.3 Å². The van der Waals surface area contributed by atoms with Gasteiger partial charge in [0, 0.05) is 6.61 Å². The molecule has 28 heavy (non-hydrogen) atoms. The molecule has 0 N–H and O–H groups in total. The molecule has 4 atom stereocenters. The number of hydrogen-bond acceptors (Lipinski definition) is 7. The van der Waals surface area contributed by atoms with Gasteiger partial charge < -0.3 is 18.9 Å². The van der Waals surface area contributed by atoms with Crippen molar-refractivity contribution in [2.24, 2.45) is 0 Å². The van der Waals surface area contributed by atoms with Crippen molar-refractivity contribution in [2.45, 2.75) is 82.2 Å². The number of benzene rings is 1. The molecule has 2 aliphatic heterocycles. The van der Waals surface area contributed by atoms with Gasteiger partial charge in [0.15, 0.2) is 12.1 Å². The quantitative estimate of drug-likeness (QED) is 0.477. The number of hydrogen-bond donors (Lipinski definition) is 0. The minimum atomic E-state index is -4.01. The molecule has 0 bridgehead atoms. The van der Waals surface area contributed by atoms with E-state index in [0.717, 1.165) is 18.4 Å². The van der Waals surface area contributed by atoms with E-state index in [-0.39, 0.29) is 11.5 Å². The fraction of sp³-hybridized carbons (Fsp3) is 0.700. The fourth-order valence-electron chi connectivity index (χ4n) is 3.56. The van der Waals surface area contributed by atoms with E-state index in [4.69, 9.17) is 23.1 Å². The molecule has 2 fully saturated rings. The maximum Gasteiger partial charge on any atom is 0.297 e. The standard InChI is InChI=1S/C20H30O7S/c1-6-7-12-23-13-16-17(20(5)18(24-16)25-19(3,4)27-20)26-28(21,22)15-10-8-14(2)9-11-15/h8-11,16-18H,6-7,12-13H2,1-5H3/t16-,17-,18-,20-/m1/s1. The van der Waals surface area contributed by atoms with Crippen molar-refractivity contribution in [1.82, 2.24) is 0 Å². The van der Waals surface area contributed by atoms with Crippen LogP contribution < -0.4 is 0 Å². The minimum absolute atomic E-state index is 0.0916. The highest BCUT2D eigenvalue weighted by Gasteiger charge is 2.65. The summed E-state index contributed by atoms with van der Waals surface area (Å²) in [5.41, 5.74) is -0.105. The minimum Gasteiger partial charge on any atom is -0.379 e. The lowest BCUT2D eigenvalue weighted by Gasteiger charge is -2.31. The Morgan fingerprint density at radius 2 is 1.82 bits per heavy atom. The van der Waals surface area contributed by atoms with E-state index in [9.17, 15) is 8.42 Å². The Bertz CT molecular complexity index is 774. The summed E-state index contributed by atoms with van der Waals surface area (Å²) in [7, 11) is -4.01. The first-order valence-electron chi connectivity index (χ1n) is 9.68. The first-order valence-corrected chi connectivity index (χ1v) is 11.1. The summed E-state index contributed by atoms with van der Waals surface area (Å²) in [6, 6.07) is 6.52. The van der Waals surface area contributed by atoms with Crippen molar-refractivity contribution in [3.8, 4) is 0 Å². The second-order valence-corrected chi connectivity index (χ2v) is 9.59. The van der Waals surface area contributed by atoms with Crippen LogP contribution in [0, 0.1) is 6.92 Å². The summed E-state index contributed by atoms with van der Waals surface area (Å²) in [5.74, 6) is -0.900. The highest BCUT2D eigenvalue weighted by atomic mass is 32.2. The van der Waals surface area contributed by atoms with Crippen LogP contribution in [0.15, 0.2) is 29.2 Å². The van der Waals surface area contributed by atoms with Gasteiger partial charge in [-0.25, -0.2) is 0 Å². The molecule has 0 aromatic heterocycles. The van der Waals surface area contributed by atoms with Crippen LogP contribution in [0.1, 0.15) is 46.1 Å². The maximum atomic E-state index is 12.9. The van der Waals surface area contributed by atoms with Crippen LogP contribution in [-0.2, 0) is 33.2 Å². The second-order valence-electron chi connectivity index (χ2n) is 8.02. The van der Waals surface area contributed by atoms with Crippen LogP contribution in [-0.4, -0.2) is 51.5 Å². The molecule has 1 aromatic rings. The largest absolute Gasteiger partial charge is 0.379 e. The summed E-state index contributed by atoms with van der Waals surface area (Å²) in [6.07, 6.45) is -0.329. The van der Waals surface area contributed by atoms with E-state index in [1.807, 2.05) is 6.92 Å². The third-order valence-corrected chi connectivity index (χ3v) is 6.30. The van der Waals surface area contributed by atoms with E-state index in [1.165, 1.54) is 12.1 Å². The monoisotopic (exact) mass is 414 g/mol. The Balaban J connectivity index is 1.82. The first-order chi connectivity index (χ1) is 13.1. The van der Waals surface area contributed by atoms with Gasteiger partial charge in [-0.2, -0.15) is 8.42 Å². The zero-order chi connectivity index (χ0) is 20.6. The molecule has 0 amide bonds. The van der Waals surface area contributed by atoms with Gasteiger partial charge in [-0.15, -0.1) is 0 Å². The molecule has 0 saturated carbocycles. The van der Waals surface area contributed by atoms with E-state index in [1.54, 1.807) is 32.9 Å². The second kappa shape index (κ2) is 8.01. The van der Waals surface area contributed by atoms with Crippen LogP contribution in [0.3, 0.4) is 0 Å². The molecule has 2 saturated heterocycles. The SMILES string of the molecule is CCCCOC[C@H]1O[C@@H]2OC(C)(C)O[C@]2(C)[C@@H]1OS(=O)(=O)c1ccc(C)cc1. The molecule has 0 aliphatic carbocycles. The molecule has 7 nitrogen and oxygen atoms in total. The van der Waals surface area contributed by atoms with Crippen molar-refractivity contribution in [1.29, 1.82) is 0 Å². The molecule has 0 radical (unpaired) electrons. The van der Waals surface area contributed by atoms with Gasteiger partial charge >= 0.3 is 0 Å². The number of ether oxygens (including phenoxy) is 4. The zero-order valence-corrected chi connectivity index (χ0v) is 18.0. The number of fused-ring (bicyclic) bond motifs is 1. The van der Waals surface area contributed by atoms with E-state index in [2.05, 4.69) is 6.92 Å². The third kappa shape index (κ3) is 4.42. The molecule has 8 heteroatoms. The lowest BCUT2D eigenvalue weighted by molar-refractivity contribution is -0.222. The molecule has 2 aliphatic rings. The lowest BCUT2D eigenvalue weighted by atomic mass is 9.98. The first kappa shape index (κ1) is 21.7. The van der Waals surface area contributed by atoms with Crippen molar-refractivity contribution >= 4 is 10.1 Å². The normalized spacial score (nSPS) is 31.8. The zero-order valence-electron chi connectivity index (χ0n) is 17.1. The third-order valence-electron chi connectivity index (χ3n) is 4.99. The van der Waals surface area contributed by atoms with E-state index < -0.39 is 40.0 Å². The maximum absolute atomic E-state index is 12.9. The Morgan fingerprint density at radius 1 is 1.14 bits per heavy atom. The Kier molecular flexibility index (Phi) is 6.20. The van der Waals surface area contributed by atoms with Crippen molar-refractivity contribution in [3.05, 3.63) is 29.8 Å². The van der Waals surface area contributed by atoms with Gasteiger partial charge in [-0.3, -0.25) is 4.18 Å². The average molecular weight is 415 g/mol. The lowest BCUT2D eigenvalue weighted by Crippen LogP contribution is -2.48. The summed E-state index contributed by atoms with van der Waals surface area (Å²) < 4.78 is 55.0. The Morgan fingerprint density at radius 3 is 2.46 bits per heavy atom. The molecular formula is C20H30O7S. The van der Waals surface area contributed by atoms with Gasteiger partial charge in [0.05, 0.1) is 11.5 Å². The highest BCUT2D eigenvalue weighted by Crippen LogP contribution is 2.47. The van der Waals surface area contributed by atoms with E-state index >= 15 is 0 Å². The van der Waals surface area contributed by atoms with Crippen LogP contribution in [0.4, 0.5) is 0 Å². The van der Waals surface area contributed by atoms with Crippen LogP contribution in [0.5, 0.6) is 0 Å².